The topological polar surface area (TPSA) is 34.9 Å². The maximum atomic E-state index is 13.5. The van der Waals surface area contributed by atoms with Gasteiger partial charge in [0, 0.05) is 12.4 Å². The van der Waals surface area contributed by atoms with Crippen molar-refractivity contribution in [1.29, 1.82) is 0 Å². The summed E-state index contributed by atoms with van der Waals surface area (Å²) in [4.78, 5) is 11.6. The van der Waals surface area contributed by atoms with Crippen LogP contribution in [0.15, 0.2) is 29.6 Å². The summed E-state index contributed by atoms with van der Waals surface area (Å²) in [5.41, 5.74) is 0.0697. The molecule has 0 N–H and O–H groups in total. The Morgan fingerprint density at radius 3 is 2.93 bits per heavy atom. The van der Waals surface area contributed by atoms with Crippen molar-refractivity contribution in [2.45, 2.75) is 0 Å². The number of fused-ring (bicyclic) bond motifs is 1. The van der Waals surface area contributed by atoms with E-state index in [0.717, 1.165) is 4.68 Å². The molecule has 0 saturated heterocycles. The Bertz CT molecular complexity index is 601. The lowest BCUT2D eigenvalue weighted by Crippen LogP contribution is -2.21. The van der Waals surface area contributed by atoms with Gasteiger partial charge in [0.1, 0.15) is 5.82 Å². The van der Waals surface area contributed by atoms with Gasteiger partial charge < -0.3 is 0 Å². The van der Waals surface area contributed by atoms with Crippen LogP contribution in [0.25, 0.3) is 16.8 Å². The molecule has 0 amide bonds. The summed E-state index contributed by atoms with van der Waals surface area (Å²) in [6.07, 6.45) is 1.50. The molecule has 0 unspecified atom stereocenters. The van der Waals surface area contributed by atoms with Gasteiger partial charge in [-0.3, -0.25) is 4.79 Å². The molecule has 0 radical (unpaired) electrons. The number of hydrogen-bond acceptors (Lipinski definition) is 2. The van der Waals surface area contributed by atoms with E-state index in [1.807, 2.05) is 0 Å². The van der Waals surface area contributed by atoms with Crippen molar-refractivity contribution < 1.29 is 4.39 Å². The SMILES string of the molecule is C=Cc1nn(C)c(=O)c2c(F)cccc12. The first-order valence-corrected chi connectivity index (χ1v) is 4.43. The summed E-state index contributed by atoms with van der Waals surface area (Å²) in [5.74, 6) is -0.529. The summed E-state index contributed by atoms with van der Waals surface area (Å²) in [6, 6.07) is 4.46. The maximum Gasteiger partial charge on any atom is 0.277 e. The van der Waals surface area contributed by atoms with E-state index >= 15 is 0 Å². The monoisotopic (exact) mass is 204 g/mol. The lowest BCUT2D eigenvalue weighted by atomic mass is 10.1. The summed E-state index contributed by atoms with van der Waals surface area (Å²) in [6.45, 7) is 3.58. The van der Waals surface area contributed by atoms with Crippen LogP contribution in [0.5, 0.6) is 0 Å². The molecule has 2 aromatic rings. The minimum atomic E-state index is -0.529. The highest BCUT2D eigenvalue weighted by atomic mass is 19.1. The van der Waals surface area contributed by atoms with Crippen LogP contribution in [-0.4, -0.2) is 9.78 Å². The Morgan fingerprint density at radius 2 is 2.27 bits per heavy atom. The third-order valence-electron chi connectivity index (χ3n) is 2.25. The molecule has 76 valence electrons. The van der Waals surface area contributed by atoms with E-state index in [4.69, 9.17) is 0 Å². The average Bonchev–Trinajstić information content (AvgIpc) is 2.23. The highest BCUT2D eigenvalue weighted by Gasteiger charge is 2.10. The molecule has 1 aromatic carbocycles. The molecule has 0 fully saturated rings. The molecule has 0 saturated carbocycles. The van der Waals surface area contributed by atoms with E-state index in [9.17, 15) is 9.18 Å². The van der Waals surface area contributed by atoms with Crippen molar-refractivity contribution >= 4 is 16.8 Å². The van der Waals surface area contributed by atoms with Crippen molar-refractivity contribution in [3.05, 3.63) is 46.6 Å². The number of hydrogen-bond donors (Lipinski definition) is 0. The molecule has 2 rings (SSSR count). The molecule has 0 atom stereocenters. The highest BCUT2D eigenvalue weighted by Crippen LogP contribution is 2.16. The van der Waals surface area contributed by atoms with Crippen LogP contribution in [0, 0.1) is 5.82 Å². The van der Waals surface area contributed by atoms with Crippen LogP contribution >= 0.6 is 0 Å². The Hall–Kier alpha value is -1.97. The fourth-order valence-electron chi connectivity index (χ4n) is 1.53. The molecule has 0 bridgehead atoms. The first kappa shape index (κ1) is 9.58. The third-order valence-corrected chi connectivity index (χ3v) is 2.25. The fraction of sp³-hybridized carbons (Fsp3) is 0.0909. The third kappa shape index (κ3) is 1.34. The zero-order chi connectivity index (χ0) is 11.0. The quantitative estimate of drug-likeness (QED) is 0.708. The number of aromatic nitrogens is 2. The second-order valence-corrected chi connectivity index (χ2v) is 3.18. The smallest absolute Gasteiger partial charge is 0.267 e. The van der Waals surface area contributed by atoms with Crippen LogP contribution in [0.2, 0.25) is 0 Å². The molecule has 0 aliphatic rings. The summed E-state index contributed by atoms with van der Waals surface area (Å²) < 4.78 is 14.6. The van der Waals surface area contributed by atoms with Crippen LogP contribution in [0.1, 0.15) is 5.69 Å². The van der Waals surface area contributed by atoms with Gasteiger partial charge in [0.25, 0.3) is 5.56 Å². The van der Waals surface area contributed by atoms with E-state index in [2.05, 4.69) is 11.7 Å². The van der Waals surface area contributed by atoms with E-state index in [1.54, 1.807) is 12.1 Å². The number of halogens is 1. The van der Waals surface area contributed by atoms with Gasteiger partial charge in [0.15, 0.2) is 0 Å². The van der Waals surface area contributed by atoms with Crippen LogP contribution in [-0.2, 0) is 7.05 Å². The molecule has 4 heteroatoms. The van der Waals surface area contributed by atoms with Gasteiger partial charge >= 0.3 is 0 Å². The van der Waals surface area contributed by atoms with Crippen molar-refractivity contribution in [2.75, 3.05) is 0 Å². The first-order valence-electron chi connectivity index (χ1n) is 4.43. The average molecular weight is 204 g/mol. The molecule has 1 heterocycles. The minimum Gasteiger partial charge on any atom is -0.267 e. The zero-order valence-electron chi connectivity index (χ0n) is 8.20. The molecule has 1 aromatic heterocycles. The van der Waals surface area contributed by atoms with E-state index in [0.29, 0.717) is 11.1 Å². The molecule has 0 aliphatic carbocycles. The molecule has 0 spiro atoms. The zero-order valence-corrected chi connectivity index (χ0v) is 8.20. The second-order valence-electron chi connectivity index (χ2n) is 3.18. The fourth-order valence-corrected chi connectivity index (χ4v) is 1.53. The van der Waals surface area contributed by atoms with Gasteiger partial charge in [-0.15, -0.1) is 0 Å². The van der Waals surface area contributed by atoms with E-state index < -0.39 is 11.4 Å². The summed E-state index contributed by atoms with van der Waals surface area (Å²) in [5, 5.41) is 4.53. The predicted octanol–water partition coefficient (Wildman–Crippen LogP) is 1.72. The predicted molar refractivity (Wildman–Crippen MR) is 57.0 cm³/mol. The summed E-state index contributed by atoms with van der Waals surface area (Å²) >= 11 is 0. The molecule has 0 aliphatic heterocycles. The Labute approximate surface area is 85.5 Å². The number of nitrogens with zero attached hydrogens (tertiary/aromatic N) is 2. The molecular weight excluding hydrogens is 195 g/mol. The Balaban J connectivity index is 3.10. The number of benzene rings is 1. The molecule has 3 nitrogen and oxygen atoms in total. The Kier molecular flexibility index (Phi) is 2.11. The normalized spacial score (nSPS) is 10.5. The van der Waals surface area contributed by atoms with Gasteiger partial charge in [0.2, 0.25) is 0 Å². The van der Waals surface area contributed by atoms with E-state index in [1.165, 1.54) is 19.2 Å². The lowest BCUT2D eigenvalue weighted by molar-refractivity contribution is 0.632. The van der Waals surface area contributed by atoms with Gasteiger partial charge in [-0.2, -0.15) is 5.10 Å². The molecular formula is C11H9FN2O. The standard InChI is InChI=1S/C11H9FN2O/c1-3-9-7-5-4-6-8(12)10(7)11(15)14(2)13-9/h3-6H,1H2,2H3. The van der Waals surface area contributed by atoms with Crippen molar-refractivity contribution in [3.8, 4) is 0 Å². The maximum absolute atomic E-state index is 13.5. The second kappa shape index (κ2) is 3.31. The van der Waals surface area contributed by atoms with Crippen molar-refractivity contribution in [1.82, 2.24) is 9.78 Å². The lowest BCUT2D eigenvalue weighted by Gasteiger charge is -2.04. The van der Waals surface area contributed by atoms with E-state index in [-0.39, 0.29) is 5.39 Å². The number of rotatable bonds is 1. The van der Waals surface area contributed by atoms with Gasteiger partial charge in [0.05, 0.1) is 11.1 Å². The van der Waals surface area contributed by atoms with Crippen molar-refractivity contribution in [2.24, 2.45) is 7.05 Å². The minimum absolute atomic E-state index is 0.0601. The van der Waals surface area contributed by atoms with Gasteiger partial charge in [-0.05, 0) is 12.1 Å². The Morgan fingerprint density at radius 1 is 1.53 bits per heavy atom. The van der Waals surface area contributed by atoms with Gasteiger partial charge in [-0.1, -0.05) is 18.7 Å². The van der Waals surface area contributed by atoms with Crippen LogP contribution in [0.4, 0.5) is 4.39 Å². The van der Waals surface area contributed by atoms with Crippen molar-refractivity contribution in [3.63, 3.8) is 0 Å². The van der Waals surface area contributed by atoms with Crippen LogP contribution in [0.3, 0.4) is 0 Å². The summed E-state index contributed by atoms with van der Waals surface area (Å²) in [7, 11) is 1.49. The largest absolute Gasteiger partial charge is 0.277 e. The number of aryl methyl sites for hydroxylation is 1. The first-order chi connectivity index (χ1) is 7.15. The van der Waals surface area contributed by atoms with Crippen LogP contribution < -0.4 is 5.56 Å². The molecule has 15 heavy (non-hydrogen) atoms. The highest BCUT2D eigenvalue weighted by molar-refractivity contribution is 5.88. The van der Waals surface area contributed by atoms with Gasteiger partial charge in [-0.25, -0.2) is 9.07 Å².